The van der Waals surface area contributed by atoms with E-state index in [-0.39, 0.29) is 23.3 Å². The Balaban J connectivity index is 0.00000243. The first-order valence-electron chi connectivity index (χ1n) is 8.42. The van der Waals surface area contributed by atoms with E-state index < -0.39 is 7.26 Å². The van der Waals surface area contributed by atoms with Crippen molar-refractivity contribution in [2.24, 2.45) is 0 Å². The van der Waals surface area contributed by atoms with Crippen molar-refractivity contribution in [2.75, 3.05) is 20.4 Å². The molecule has 3 rings (SSSR count). The molecule has 0 spiro atoms. The van der Waals surface area contributed by atoms with Gasteiger partial charge in [0.25, 0.3) is 0 Å². The van der Waals surface area contributed by atoms with Gasteiger partial charge in [-0.05, 0) is 36.4 Å². The number of hydrogen-bond donors (Lipinski definition) is 0. The smallest absolute Gasteiger partial charge is 0.191 e. The van der Waals surface area contributed by atoms with Gasteiger partial charge in [-0.15, -0.1) is 0 Å². The third-order valence-corrected chi connectivity index (χ3v) is 8.92. The maximum atomic E-state index is 5.63. The van der Waals surface area contributed by atoms with Crippen LogP contribution < -0.4 is 32.9 Å². The Labute approximate surface area is 167 Å². The van der Waals surface area contributed by atoms with Gasteiger partial charge in [0.2, 0.25) is 0 Å². The summed E-state index contributed by atoms with van der Waals surface area (Å²) in [6, 6.07) is 32.3. The van der Waals surface area contributed by atoms with E-state index in [0.717, 1.165) is 6.16 Å². The van der Waals surface area contributed by atoms with Crippen LogP contribution in [0.4, 0.5) is 0 Å². The fourth-order valence-corrected chi connectivity index (χ4v) is 7.60. The molecule has 3 aromatic carbocycles. The lowest BCUT2D eigenvalue weighted by molar-refractivity contribution is -0.0849. The van der Waals surface area contributed by atoms with Gasteiger partial charge >= 0.3 is 0 Å². The fourth-order valence-electron chi connectivity index (χ4n) is 3.28. The zero-order chi connectivity index (χ0) is 17.5. The van der Waals surface area contributed by atoms with Gasteiger partial charge in [0.1, 0.15) is 29.3 Å². The molecule has 0 atom stereocenters. The Morgan fingerprint density at radius 1 is 0.615 bits per heavy atom. The van der Waals surface area contributed by atoms with Gasteiger partial charge in [-0.2, -0.15) is 0 Å². The summed E-state index contributed by atoms with van der Waals surface area (Å²) < 4.78 is 11.3. The van der Waals surface area contributed by atoms with Gasteiger partial charge in [-0.25, -0.2) is 0 Å². The summed E-state index contributed by atoms with van der Waals surface area (Å²) in [6.45, 7) is 0. The second kappa shape index (κ2) is 9.99. The third-order valence-electron chi connectivity index (χ3n) is 4.54. The number of methoxy groups -OCH3 is 2. The highest BCUT2D eigenvalue weighted by atomic mass is 79.9. The molecule has 0 aliphatic heterocycles. The van der Waals surface area contributed by atoms with Crippen molar-refractivity contribution in [1.29, 1.82) is 0 Å². The van der Waals surface area contributed by atoms with Crippen LogP contribution in [0.1, 0.15) is 0 Å². The molecule has 136 valence electrons. The van der Waals surface area contributed by atoms with Crippen LogP contribution >= 0.6 is 7.26 Å². The van der Waals surface area contributed by atoms with Gasteiger partial charge < -0.3 is 26.5 Å². The van der Waals surface area contributed by atoms with E-state index in [9.17, 15) is 0 Å². The molecule has 26 heavy (non-hydrogen) atoms. The molecule has 4 heteroatoms. The summed E-state index contributed by atoms with van der Waals surface area (Å²) in [6.07, 6.45) is 0.548. The van der Waals surface area contributed by atoms with Crippen LogP contribution in [-0.4, -0.2) is 26.7 Å². The van der Waals surface area contributed by atoms with E-state index in [4.69, 9.17) is 9.47 Å². The summed E-state index contributed by atoms with van der Waals surface area (Å²) in [7, 11) is 1.53. The summed E-state index contributed by atoms with van der Waals surface area (Å²) in [5.74, 6) is 0. The highest BCUT2D eigenvalue weighted by Gasteiger charge is 2.47. The van der Waals surface area contributed by atoms with Crippen LogP contribution in [0, 0.1) is 0 Å². The average molecular weight is 431 g/mol. The lowest BCUT2D eigenvalue weighted by Crippen LogP contribution is -3.00. The number of ether oxygens (including phenoxy) is 2. The highest BCUT2D eigenvalue weighted by Crippen LogP contribution is 2.55. The maximum absolute atomic E-state index is 5.63. The topological polar surface area (TPSA) is 18.5 Å². The zero-order valence-corrected chi connectivity index (χ0v) is 17.6. The van der Waals surface area contributed by atoms with Crippen molar-refractivity contribution >= 4 is 23.2 Å². The maximum Gasteiger partial charge on any atom is 0.191 e. The van der Waals surface area contributed by atoms with Gasteiger partial charge in [0.05, 0.1) is 0 Å². The molecule has 0 unspecified atom stereocenters. The first kappa shape index (κ1) is 20.8. The Hall–Kier alpha value is -1.51. The van der Waals surface area contributed by atoms with Crippen LogP contribution in [0.15, 0.2) is 91.0 Å². The molecule has 0 aliphatic rings. The molecule has 0 saturated heterocycles. The van der Waals surface area contributed by atoms with Crippen LogP contribution in [-0.2, 0) is 9.47 Å². The van der Waals surface area contributed by atoms with Crippen LogP contribution in [0.5, 0.6) is 0 Å². The molecule has 3 aromatic rings. The van der Waals surface area contributed by atoms with Crippen molar-refractivity contribution in [2.45, 2.75) is 6.29 Å². The highest BCUT2D eigenvalue weighted by molar-refractivity contribution is 7.95. The van der Waals surface area contributed by atoms with Crippen molar-refractivity contribution in [3.63, 3.8) is 0 Å². The SMILES string of the molecule is COC(C[P+](c1ccccc1)(c1ccccc1)c1ccccc1)OC.[Br-]. The normalized spacial score (nSPS) is 11.2. The summed E-state index contributed by atoms with van der Waals surface area (Å²) in [5.41, 5.74) is 0. The Kier molecular flexibility index (Phi) is 7.99. The monoisotopic (exact) mass is 430 g/mol. The predicted octanol–water partition coefficient (Wildman–Crippen LogP) is 0.603. The third kappa shape index (κ3) is 4.24. The number of rotatable bonds is 7. The zero-order valence-electron chi connectivity index (χ0n) is 15.1. The largest absolute Gasteiger partial charge is 1.00 e. The average Bonchev–Trinajstić information content (AvgIpc) is 2.71. The standard InChI is InChI=1S/C22H24O2P.BrH/c1-23-22(24-2)18-25(19-12-6-3-7-13-19,20-14-8-4-9-15-20)21-16-10-5-11-17-21;/h3-17,22H,18H2,1-2H3;1H/q+1;/p-1. The van der Waals surface area contributed by atoms with Gasteiger partial charge in [-0.1, -0.05) is 54.6 Å². The molecule has 0 heterocycles. The second-order valence-corrected chi connectivity index (χ2v) is 9.43. The minimum atomic E-state index is -1.89. The molecular formula is C22H24BrO2P. The first-order valence-corrected chi connectivity index (χ1v) is 10.4. The van der Waals surface area contributed by atoms with E-state index in [0.29, 0.717) is 0 Å². The van der Waals surface area contributed by atoms with Crippen molar-refractivity contribution in [3.05, 3.63) is 91.0 Å². The molecule has 2 nitrogen and oxygen atoms in total. The minimum absolute atomic E-state index is 0. The second-order valence-electron chi connectivity index (χ2n) is 5.90. The van der Waals surface area contributed by atoms with Gasteiger partial charge in [-0.3, -0.25) is 0 Å². The minimum Gasteiger partial charge on any atom is -1.00 e. The van der Waals surface area contributed by atoms with E-state index in [1.165, 1.54) is 15.9 Å². The van der Waals surface area contributed by atoms with Crippen LogP contribution in [0.3, 0.4) is 0 Å². The summed E-state index contributed by atoms with van der Waals surface area (Å²) >= 11 is 0. The molecule has 0 aliphatic carbocycles. The lowest BCUT2D eigenvalue weighted by Gasteiger charge is -2.30. The molecule has 0 aromatic heterocycles. The Morgan fingerprint density at radius 2 is 0.923 bits per heavy atom. The summed E-state index contributed by atoms with van der Waals surface area (Å²) in [5, 5.41) is 4.02. The number of benzene rings is 3. The molecule has 0 radical (unpaired) electrons. The van der Waals surface area contributed by atoms with E-state index in [1.54, 1.807) is 14.2 Å². The predicted molar refractivity (Wildman–Crippen MR) is 108 cm³/mol. The molecule has 0 bridgehead atoms. The van der Waals surface area contributed by atoms with E-state index >= 15 is 0 Å². The van der Waals surface area contributed by atoms with E-state index in [1.807, 2.05) is 0 Å². The Morgan fingerprint density at radius 3 is 1.19 bits per heavy atom. The lowest BCUT2D eigenvalue weighted by atomic mass is 10.4. The molecule has 0 N–H and O–H groups in total. The van der Waals surface area contributed by atoms with E-state index in [2.05, 4.69) is 91.0 Å². The van der Waals surface area contributed by atoms with Gasteiger partial charge in [0.15, 0.2) is 6.29 Å². The quantitative estimate of drug-likeness (QED) is 0.403. The molecule has 0 amide bonds. The van der Waals surface area contributed by atoms with Crippen molar-refractivity contribution < 1.29 is 26.5 Å². The van der Waals surface area contributed by atoms with Crippen LogP contribution in [0.25, 0.3) is 0 Å². The fraction of sp³-hybridized carbons (Fsp3) is 0.182. The van der Waals surface area contributed by atoms with Gasteiger partial charge in [0, 0.05) is 14.2 Å². The molecule has 0 saturated carbocycles. The van der Waals surface area contributed by atoms with Crippen LogP contribution in [0.2, 0.25) is 0 Å². The molecular weight excluding hydrogens is 407 g/mol. The number of halogens is 1. The first-order chi connectivity index (χ1) is 12.3. The number of hydrogen-bond acceptors (Lipinski definition) is 2. The Bertz CT molecular complexity index is 665. The van der Waals surface area contributed by atoms with Crippen molar-refractivity contribution in [3.8, 4) is 0 Å². The molecule has 0 fully saturated rings. The summed E-state index contributed by atoms with van der Waals surface area (Å²) in [4.78, 5) is 0. The van der Waals surface area contributed by atoms with Crippen molar-refractivity contribution in [1.82, 2.24) is 0 Å².